The lowest BCUT2D eigenvalue weighted by molar-refractivity contribution is 0.401. The van der Waals surface area contributed by atoms with Gasteiger partial charge in [-0.05, 0) is 36.6 Å². The molecule has 1 fully saturated rings. The second-order valence-electron chi connectivity index (χ2n) is 5.80. The highest BCUT2D eigenvalue weighted by Gasteiger charge is 2.21. The van der Waals surface area contributed by atoms with Gasteiger partial charge in [0.25, 0.3) is 0 Å². The Kier molecular flexibility index (Phi) is 4.26. The van der Waals surface area contributed by atoms with Crippen LogP contribution in [0.25, 0.3) is 11.0 Å². The van der Waals surface area contributed by atoms with Crippen molar-refractivity contribution in [1.82, 2.24) is 15.3 Å². The summed E-state index contributed by atoms with van der Waals surface area (Å²) in [5.41, 5.74) is 3.33. The number of hydrogen-bond donors (Lipinski definition) is 1. The summed E-state index contributed by atoms with van der Waals surface area (Å²) in [4.78, 5) is 8.77. The minimum Gasteiger partial charge on any atom is -0.310 e. The lowest BCUT2D eigenvalue weighted by Gasteiger charge is -2.22. The van der Waals surface area contributed by atoms with Crippen molar-refractivity contribution in [3.8, 4) is 0 Å². The van der Waals surface area contributed by atoms with Crippen LogP contribution < -0.4 is 5.32 Å². The lowest BCUT2D eigenvalue weighted by atomic mass is 9.93. The zero-order chi connectivity index (χ0) is 13.8. The van der Waals surface area contributed by atoms with Gasteiger partial charge < -0.3 is 5.32 Å². The Labute approximate surface area is 120 Å². The van der Waals surface area contributed by atoms with E-state index in [4.69, 9.17) is 0 Å². The molecule has 2 aromatic rings. The van der Waals surface area contributed by atoms with E-state index in [1.165, 1.54) is 37.7 Å². The molecule has 1 saturated carbocycles. The minimum absolute atomic E-state index is 0.453. The van der Waals surface area contributed by atoms with Crippen LogP contribution in [-0.4, -0.2) is 16.5 Å². The summed E-state index contributed by atoms with van der Waals surface area (Å²) in [5, 5.41) is 3.64. The molecule has 1 N–H and O–H groups in total. The summed E-state index contributed by atoms with van der Waals surface area (Å²) in [5.74, 6) is 0.886. The summed E-state index contributed by atoms with van der Waals surface area (Å²) in [6.45, 7) is 3.19. The molecule has 0 bridgehead atoms. The minimum atomic E-state index is 0.453. The van der Waals surface area contributed by atoms with Crippen LogP contribution >= 0.6 is 0 Å². The van der Waals surface area contributed by atoms with Crippen molar-refractivity contribution in [2.75, 3.05) is 6.54 Å². The maximum atomic E-state index is 4.43. The van der Waals surface area contributed by atoms with Gasteiger partial charge >= 0.3 is 0 Å². The van der Waals surface area contributed by atoms with Gasteiger partial charge in [-0.3, -0.25) is 9.97 Å². The zero-order valence-corrected chi connectivity index (χ0v) is 12.2. The Morgan fingerprint density at radius 2 is 1.90 bits per heavy atom. The van der Waals surface area contributed by atoms with Crippen molar-refractivity contribution in [2.24, 2.45) is 5.92 Å². The van der Waals surface area contributed by atoms with Crippen LogP contribution in [-0.2, 0) is 0 Å². The van der Waals surface area contributed by atoms with Gasteiger partial charge in [0.1, 0.15) is 0 Å². The Balaban J connectivity index is 1.83. The first-order valence-corrected chi connectivity index (χ1v) is 7.81. The normalized spacial score (nSPS) is 17.6. The van der Waals surface area contributed by atoms with Gasteiger partial charge in [0.05, 0.1) is 11.0 Å². The average molecular weight is 269 g/mol. The van der Waals surface area contributed by atoms with Crippen LogP contribution in [0.15, 0.2) is 30.6 Å². The molecule has 0 amide bonds. The second kappa shape index (κ2) is 6.31. The summed E-state index contributed by atoms with van der Waals surface area (Å²) in [7, 11) is 0. The van der Waals surface area contributed by atoms with E-state index in [9.17, 15) is 0 Å². The number of fused-ring (bicyclic) bond motifs is 1. The first-order valence-electron chi connectivity index (χ1n) is 7.81. The predicted octanol–water partition coefficient (Wildman–Crippen LogP) is 3.86. The molecule has 0 spiro atoms. The molecule has 1 heterocycles. The number of nitrogens with zero attached hydrogens (tertiary/aromatic N) is 2. The van der Waals surface area contributed by atoms with Gasteiger partial charge in [0.15, 0.2) is 0 Å². The van der Waals surface area contributed by atoms with Gasteiger partial charge in [-0.15, -0.1) is 0 Å². The van der Waals surface area contributed by atoms with Gasteiger partial charge in [-0.2, -0.15) is 0 Å². The standard InChI is InChI=1S/C17H23N3/c1-2-18-16(11-13-5-3-4-6-13)14-7-8-15-17(12-14)20-10-9-19-15/h7-10,12-13,16,18H,2-6,11H2,1H3. The Morgan fingerprint density at radius 3 is 2.65 bits per heavy atom. The monoisotopic (exact) mass is 269 g/mol. The lowest BCUT2D eigenvalue weighted by Crippen LogP contribution is -2.23. The van der Waals surface area contributed by atoms with Crippen LogP contribution in [0.4, 0.5) is 0 Å². The van der Waals surface area contributed by atoms with Gasteiger partial charge in [0, 0.05) is 18.4 Å². The molecule has 0 radical (unpaired) electrons. The highest BCUT2D eigenvalue weighted by Crippen LogP contribution is 2.33. The maximum Gasteiger partial charge on any atom is 0.0890 e. The molecule has 3 rings (SSSR count). The van der Waals surface area contributed by atoms with Crippen LogP contribution in [0.1, 0.15) is 50.6 Å². The van der Waals surface area contributed by atoms with Crippen molar-refractivity contribution in [1.29, 1.82) is 0 Å². The van der Waals surface area contributed by atoms with Gasteiger partial charge in [-0.1, -0.05) is 38.7 Å². The highest BCUT2D eigenvalue weighted by atomic mass is 14.9. The third kappa shape index (κ3) is 2.98. The molecule has 0 aliphatic heterocycles. The van der Waals surface area contributed by atoms with E-state index < -0.39 is 0 Å². The van der Waals surface area contributed by atoms with Crippen molar-refractivity contribution in [2.45, 2.75) is 45.1 Å². The molecule has 1 atom stereocenters. The zero-order valence-electron chi connectivity index (χ0n) is 12.2. The second-order valence-corrected chi connectivity index (χ2v) is 5.80. The molecule has 20 heavy (non-hydrogen) atoms. The van der Waals surface area contributed by atoms with E-state index in [0.717, 1.165) is 23.5 Å². The largest absolute Gasteiger partial charge is 0.310 e. The molecule has 1 aliphatic rings. The predicted molar refractivity (Wildman–Crippen MR) is 82.5 cm³/mol. The van der Waals surface area contributed by atoms with Crippen LogP contribution in [0.5, 0.6) is 0 Å². The quantitative estimate of drug-likeness (QED) is 0.895. The molecule has 3 nitrogen and oxygen atoms in total. The molecule has 1 aromatic carbocycles. The average Bonchev–Trinajstić information content (AvgIpc) is 2.99. The molecule has 1 unspecified atom stereocenters. The van der Waals surface area contributed by atoms with Crippen molar-refractivity contribution in [3.63, 3.8) is 0 Å². The summed E-state index contributed by atoms with van der Waals surface area (Å²) >= 11 is 0. The molecule has 1 aromatic heterocycles. The first-order chi connectivity index (χ1) is 9.86. The topological polar surface area (TPSA) is 37.8 Å². The molecular formula is C17H23N3. The number of rotatable bonds is 5. The first kappa shape index (κ1) is 13.5. The van der Waals surface area contributed by atoms with Crippen molar-refractivity contribution < 1.29 is 0 Å². The SMILES string of the molecule is CCNC(CC1CCCC1)c1ccc2nccnc2c1. The number of nitrogens with one attached hydrogen (secondary N) is 1. The van der Waals surface area contributed by atoms with E-state index in [-0.39, 0.29) is 0 Å². The summed E-state index contributed by atoms with van der Waals surface area (Å²) in [6.07, 6.45) is 10.4. The molecule has 106 valence electrons. The third-order valence-electron chi connectivity index (χ3n) is 4.39. The molecular weight excluding hydrogens is 246 g/mol. The number of hydrogen-bond acceptors (Lipinski definition) is 3. The summed E-state index contributed by atoms with van der Waals surface area (Å²) in [6, 6.07) is 6.95. The van der Waals surface area contributed by atoms with Crippen LogP contribution in [0.3, 0.4) is 0 Å². The van der Waals surface area contributed by atoms with Crippen LogP contribution in [0, 0.1) is 5.92 Å². The van der Waals surface area contributed by atoms with Crippen molar-refractivity contribution >= 4 is 11.0 Å². The number of benzene rings is 1. The third-order valence-corrected chi connectivity index (χ3v) is 4.39. The van der Waals surface area contributed by atoms with E-state index in [1.807, 2.05) is 0 Å². The Morgan fingerprint density at radius 1 is 1.15 bits per heavy atom. The van der Waals surface area contributed by atoms with E-state index in [0.29, 0.717) is 6.04 Å². The van der Waals surface area contributed by atoms with Crippen molar-refractivity contribution in [3.05, 3.63) is 36.2 Å². The van der Waals surface area contributed by atoms with Gasteiger partial charge in [-0.25, -0.2) is 0 Å². The Hall–Kier alpha value is -1.48. The van der Waals surface area contributed by atoms with E-state index >= 15 is 0 Å². The van der Waals surface area contributed by atoms with E-state index in [2.05, 4.69) is 40.4 Å². The molecule has 0 saturated heterocycles. The van der Waals surface area contributed by atoms with Crippen LogP contribution in [0.2, 0.25) is 0 Å². The highest BCUT2D eigenvalue weighted by molar-refractivity contribution is 5.74. The fraction of sp³-hybridized carbons (Fsp3) is 0.529. The Bertz CT molecular complexity index is 561. The van der Waals surface area contributed by atoms with E-state index in [1.54, 1.807) is 12.4 Å². The summed E-state index contributed by atoms with van der Waals surface area (Å²) < 4.78 is 0. The fourth-order valence-corrected chi connectivity index (χ4v) is 3.36. The smallest absolute Gasteiger partial charge is 0.0890 e. The fourth-order valence-electron chi connectivity index (χ4n) is 3.36. The number of aromatic nitrogens is 2. The molecule has 3 heteroatoms. The van der Waals surface area contributed by atoms with Gasteiger partial charge in [0.2, 0.25) is 0 Å². The molecule has 1 aliphatic carbocycles. The maximum absolute atomic E-state index is 4.43.